The molecular weight excluding hydrogens is 315 g/mol. The molecule has 8 heteroatoms. The second-order valence-electron chi connectivity index (χ2n) is 4.31. The van der Waals surface area contributed by atoms with Gasteiger partial charge in [0.2, 0.25) is 5.95 Å². The fraction of sp³-hybridized carbons (Fsp3) is 0. The zero-order chi connectivity index (χ0) is 15.1. The van der Waals surface area contributed by atoms with Crippen molar-refractivity contribution in [1.29, 1.82) is 0 Å². The van der Waals surface area contributed by atoms with Crippen molar-refractivity contribution in [3.05, 3.63) is 46.1 Å². The number of benzene rings is 1. The molecule has 0 radical (unpaired) electrons. The van der Waals surface area contributed by atoms with Crippen LogP contribution in [-0.4, -0.2) is 25.7 Å². The van der Waals surface area contributed by atoms with Crippen molar-refractivity contribution in [2.75, 3.05) is 5.73 Å². The molecule has 21 heavy (non-hydrogen) atoms. The molecular formula is C13H8Cl2N4O2. The monoisotopic (exact) mass is 322 g/mol. The van der Waals surface area contributed by atoms with Crippen LogP contribution in [0.3, 0.4) is 0 Å². The van der Waals surface area contributed by atoms with Crippen LogP contribution in [0, 0.1) is 0 Å². The number of rotatable bonds is 2. The maximum absolute atomic E-state index is 11.4. The summed E-state index contributed by atoms with van der Waals surface area (Å²) in [4.78, 5) is 15.4. The summed E-state index contributed by atoms with van der Waals surface area (Å²) >= 11 is 11.9. The van der Waals surface area contributed by atoms with Crippen LogP contribution < -0.4 is 5.73 Å². The van der Waals surface area contributed by atoms with Gasteiger partial charge in [0.25, 0.3) is 0 Å². The Kier molecular flexibility index (Phi) is 3.19. The van der Waals surface area contributed by atoms with E-state index >= 15 is 0 Å². The first-order valence-electron chi connectivity index (χ1n) is 5.80. The van der Waals surface area contributed by atoms with Gasteiger partial charge in [-0.1, -0.05) is 29.3 Å². The molecule has 6 nitrogen and oxygen atoms in total. The molecule has 106 valence electrons. The highest BCUT2D eigenvalue weighted by Gasteiger charge is 2.16. The van der Waals surface area contributed by atoms with E-state index in [0.717, 1.165) is 0 Å². The van der Waals surface area contributed by atoms with Crippen molar-refractivity contribution in [3.8, 4) is 11.1 Å². The molecule has 0 atom stereocenters. The van der Waals surface area contributed by atoms with Crippen LogP contribution in [0.5, 0.6) is 0 Å². The van der Waals surface area contributed by atoms with E-state index in [4.69, 9.17) is 28.9 Å². The lowest BCUT2D eigenvalue weighted by atomic mass is 10.0. The highest BCUT2D eigenvalue weighted by molar-refractivity contribution is 6.42. The Bertz CT molecular complexity index is 876. The standard InChI is InChI=1S/C13H8Cl2N4O2/c14-9-2-1-6(3-10(9)15)8-5-19-11(17-13(16)18-19)4-7(8)12(20)21/h1-5H,(H2,16,18)(H,20,21). The van der Waals surface area contributed by atoms with E-state index in [2.05, 4.69) is 10.1 Å². The van der Waals surface area contributed by atoms with Crippen LogP contribution in [0.25, 0.3) is 16.8 Å². The maximum atomic E-state index is 11.4. The van der Waals surface area contributed by atoms with E-state index in [1.54, 1.807) is 24.4 Å². The van der Waals surface area contributed by atoms with Crippen molar-refractivity contribution >= 4 is 40.8 Å². The second-order valence-corrected chi connectivity index (χ2v) is 5.12. The van der Waals surface area contributed by atoms with Gasteiger partial charge >= 0.3 is 5.97 Å². The number of halogens is 2. The largest absolute Gasteiger partial charge is 0.478 e. The van der Waals surface area contributed by atoms with Crippen molar-refractivity contribution in [1.82, 2.24) is 14.6 Å². The van der Waals surface area contributed by atoms with E-state index in [-0.39, 0.29) is 11.5 Å². The summed E-state index contributed by atoms with van der Waals surface area (Å²) in [6.07, 6.45) is 1.54. The number of aromatic nitrogens is 3. The molecule has 0 fully saturated rings. The molecule has 3 aromatic rings. The third-order valence-electron chi connectivity index (χ3n) is 2.95. The van der Waals surface area contributed by atoms with Gasteiger partial charge < -0.3 is 10.8 Å². The minimum Gasteiger partial charge on any atom is -0.478 e. The van der Waals surface area contributed by atoms with E-state index in [1.165, 1.54) is 10.6 Å². The maximum Gasteiger partial charge on any atom is 0.336 e. The quantitative estimate of drug-likeness (QED) is 0.756. The molecule has 0 saturated heterocycles. The number of carboxylic acid groups (broad SMARTS) is 1. The highest BCUT2D eigenvalue weighted by atomic mass is 35.5. The molecule has 0 aliphatic carbocycles. The zero-order valence-corrected chi connectivity index (χ0v) is 11.9. The molecule has 0 amide bonds. The van der Waals surface area contributed by atoms with Crippen LogP contribution in [0.15, 0.2) is 30.5 Å². The third-order valence-corrected chi connectivity index (χ3v) is 3.69. The van der Waals surface area contributed by atoms with E-state index < -0.39 is 5.97 Å². The molecule has 2 heterocycles. The molecule has 3 N–H and O–H groups in total. The number of carbonyl (C=O) groups is 1. The lowest BCUT2D eigenvalue weighted by Gasteiger charge is -2.08. The van der Waals surface area contributed by atoms with Gasteiger partial charge in [-0.3, -0.25) is 0 Å². The zero-order valence-electron chi connectivity index (χ0n) is 10.4. The number of anilines is 1. The van der Waals surface area contributed by atoms with Crippen molar-refractivity contribution in [2.45, 2.75) is 0 Å². The first-order valence-corrected chi connectivity index (χ1v) is 6.56. The summed E-state index contributed by atoms with van der Waals surface area (Å²) in [6.45, 7) is 0. The smallest absolute Gasteiger partial charge is 0.336 e. The van der Waals surface area contributed by atoms with E-state index in [9.17, 15) is 9.90 Å². The molecule has 0 bridgehead atoms. The van der Waals surface area contributed by atoms with Crippen LogP contribution in [0.1, 0.15) is 10.4 Å². The Hall–Kier alpha value is -2.31. The van der Waals surface area contributed by atoms with Gasteiger partial charge in [0, 0.05) is 11.8 Å². The van der Waals surface area contributed by atoms with Crippen molar-refractivity contribution in [2.24, 2.45) is 0 Å². The fourth-order valence-electron chi connectivity index (χ4n) is 2.02. The molecule has 1 aromatic carbocycles. The number of nitrogens with two attached hydrogens (primary N) is 1. The summed E-state index contributed by atoms with van der Waals surface area (Å²) < 4.78 is 1.42. The molecule has 0 saturated carbocycles. The van der Waals surface area contributed by atoms with Gasteiger partial charge in [-0.2, -0.15) is 4.98 Å². The molecule has 2 aromatic heterocycles. The SMILES string of the molecule is Nc1nc2cc(C(=O)O)c(-c3ccc(Cl)c(Cl)c3)cn2n1. The van der Waals surface area contributed by atoms with Gasteiger partial charge in [-0.05, 0) is 23.8 Å². The molecule has 0 aliphatic heterocycles. The van der Waals surface area contributed by atoms with E-state index in [1.807, 2.05) is 0 Å². The number of nitrogens with zero attached hydrogens (tertiary/aromatic N) is 3. The number of aromatic carboxylic acids is 1. The summed E-state index contributed by atoms with van der Waals surface area (Å²) in [7, 11) is 0. The van der Waals surface area contributed by atoms with Crippen LogP contribution in [0.4, 0.5) is 5.95 Å². The number of hydrogen-bond acceptors (Lipinski definition) is 4. The predicted octanol–water partition coefficient (Wildman–Crippen LogP) is 2.98. The third kappa shape index (κ3) is 2.39. The van der Waals surface area contributed by atoms with Gasteiger partial charge in [0.05, 0.1) is 15.6 Å². The Morgan fingerprint density at radius 1 is 1.24 bits per heavy atom. The molecule has 0 spiro atoms. The fourth-order valence-corrected chi connectivity index (χ4v) is 2.31. The highest BCUT2D eigenvalue weighted by Crippen LogP contribution is 2.31. The Balaban J connectivity index is 2.30. The van der Waals surface area contributed by atoms with Gasteiger partial charge in [-0.15, -0.1) is 5.10 Å². The van der Waals surface area contributed by atoms with Crippen molar-refractivity contribution in [3.63, 3.8) is 0 Å². The van der Waals surface area contributed by atoms with Crippen LogP contribution in [-0.2, 0) is 0 Å². The van der Waals surface area contributed by atoms with Gasteiger partial charge in [-0.25, -0.2) is 9.31 Å². The van der Waals surface area contributed by atoms with E-state index in [0.29, 0.717) is 26.8 Å². The Morgan fingerprint density at radius 3 is 2.67 bits per heavy atom. The summed E-state index contributed by atoms with van der Waals surface area (Å²) in [5.74, 6) is -1.02. The topological polar surface area (TPSA) is 93.5 Å². The van der Waals surface area contributed by atoms with Gasteiger partial charge in [0.15, 0.2) is 5.65 Å². The normalized spacial score (nSPS) is 11.0. The lowest BCUT2D eigenvalue weighted by molar-refractivity contribution is 0.0697. The summed E-state index contributed by atoms with van der Waals surface area (Å²) in [5, 5.41) is 14.1. The average molecular weight is 323 g/mol. The molecule has 0 aliphatic rings. The average Bonchev–Trinajstić information content (AvgIpc) is 2.79. The summed E-state index contributed by atoms with van der Waals surface area (Å²) in [5.41, 5.74) is 7.00. The summed E-state index contributed by atoms with van der Waals surface area (Å²) in [6, 6.07) is 6.29. The minimum absolute atomic E-state index is 0.0672. The van der Waals surface area contributed by atoms with Crippen LogP contribution >= 0.6 is 23.2 Å². The number of fused-ring (bicyclic) bond motifs is 1. The second kappa shape index (κ2) is 4.91. The Morgan fingerprint density at radius 2 is 2.00 bits per heavy atom. The number of pyridine rings is 1. The molecule has 0 unspecified atom stereocenters. The number of hydrogen-bond donors (Lipinski definition) is 2. The number of nitrogen functional groups attached to an aromatic ring is 1. The lowest BCUT2D eigenvalue weighted by Crippen LogP contribution is -2.02. The number of carboxylic acids is 1. The predicted molar refractivity (Wildman–Crippen MR) is 79.8 cm³/mol. The molecule has 3 rings (SSSR count). The van der Waals surface area contributed by atoms with Gasteiger partial charge in [0.1, 0.15) is 0 Å². The first-order chi connectivity index (χ1) is 9.95. The Labute approximate surface area is 128 Å². The first kappa shape index (κ1) is 13.7. The van der Waals surface area contributed by atoms with Crippen molar-refractivity contribution < 1.29 is 9.90 Å². The minimum atomic E-state index is -1.08. The van der Waals surface area contributed by atoms with Crippen LogP contribution in [0.2, 0.25) is 10.0 Å².